The van der Waals surface area contributed by atoms with Crippen LogP contribution in [0.2, 0.25) is 0 Å². The van der Waals surface area contributed by atoms with Crippen molar-refractivity contribution in [3.63, 3.8) is 0 Å². The summed E-state index contributed by atoms with van der Waals surface area (Å²) in [7, 11) is 0. The Balaban J connectivity index is 2.06. The summed E-state index contributed by atoms with van der Waals surface area (Å²) in [5.41, 5.74) is 3.50. The van der Waals surface area contributed by atoms with Crippen molar-refractivity contribution in [3.8, 4) is 17.3 Å². The number of rotatable bonds is 2. The number of hydrogen-bond acceptors (Lipinski definition) is 3. The van der Waals surface area contributed by atoms with Gasteiger partial charge in [0.05, 0.1) is 23.0 Å². The maximum Gasteiger partial charge on any atom is 0.278 e. The molecule has 0 aliphatic carbocycles. The first-order valence-electron chi connectivity index (χ1n) is 6.86. The van der Waals surface area contributed by atoms with E-state index in [2.05, 4.69) is 11.2 Å². The lowest BCUT2D eigenvalue weighted by Crippen LogP contribution is -2.14. The zero-order valence-electron chi connectivity index (χ0n) is 12.0. The number of carbonyl (C=O) groups is 1. The van der Waals surface area contributed by atoms with Gasteiger partial charge < -0.3 is 0 Å². The number of benzene rings is 2. The van der Waals surface area contributed by atoms with Crippen LogP contribution >= 0.6 is 0 Å². The van der Waals surface area contributed by atoms with Gasteiger partial charge in [-0.1, -0.05) is 30.3 Å². The molecule has 1 aromatic heterocycles. The Labute approximate surface area is 128 Å². The molecule has 2 aromatic carbocycles. The highest BCUT2D eigenvalue weighted by Gasteiger charge is 2.16. The standard InChI is InChI=1S/C18H13N3O/c1-13-11-17(15-9-7-14(12-19)8-10-15)21(20-13)18(22)16-5-3-2-4-6-16/h2-11H,1H3. The lowest BCUT2D eigenvalue weighted by molar-refractivity contribution is 0.0947. The van der Waals surface area contributed by atoms with E-state index < -0.39 is 0 Å². The van der Waals surface area contributed by atoms with E-state index in [9.17, 15) is 4.79 Å². The Morgan fingerprint density at radius 1 is 1.09 bits per heavy atom. The second kappa shape index (κ2) is 5.66. The van der Waals surface area contributed by atoms with Crippen LogP contribution in [0.4, 0.5) is 0 Å². The molecule has 0 fully saturated rings. The predicted octanol–water partition coefficient (Wildman–Crippen LogP) is 3.42. The average molecular weight is 287 g/mol. The van der Waals surface area contributed by atoms with Gasteiger partial charge in [0.15, 0.2) is 0 Å². The van der Waals surface area contributed by atoms with Crippen molar-refractivity contribution in [2.45, 2.75) is 6.92 Å². The van der Waals surface area contributed by atoms with E-state index in [1.165, 1.54) is 4.68 Å². The molecule has 0 atom stereocenters. The van der Waals surface area contributed by atoms with Gasteiger partial charge in [-0.2, -0.15) is 15.0 Å². The predicted molar refractivity (Wildman–Crippen MR) is 83.3 cm³/mol. The fourth-order valence-corrected chi connectivity index (χ4v) is 2.28. The Morgan fingerprint density at radius 3 is 2.41 bits per heavy atom. The highest BCUT2D eigenvalue weighted by molar-refractivity contribution is 5.97. The highest BCUT2D eigenvalue weighted by atomic mass is 16.2. The molecule has 0 unspecified atom stereocenters. The molecule has 22 heavy (non-hydrogen) atoms. The molecule has 4 nitrogen and oxygen atoms in total. The molecular weight excluding hydrogens is 274 g/mol. The molecule has 106 valence electrons. The van der Waals surface area contributed by atoms with Gasteiger partial charge in [-0.15, -0.1) is 0 Å². The van der Waals surface area contributed by atoms with E-state index >= 15 is 0 Å². The molecule has 0 bridgehead atoms. The molecule has 3 rings (SSSR count). The topological polar surface area (TPSA) is 58.7 Å². The van der Waals surface area contributed by atoms with Gasteiger partial charge in [0.2, 0.25) is 0 Å². The summed E-state index contributed by atoms with van der Waals surface area (Å²) >= 11 is 0. The molecule has 1 heterocycles. The van der Waals surface area contributed by atoms with E-state index in [4.69, 9.17) is 5.26 Å². The highest BCUT2D eigenvalue weighted by Crippen LogP contribution is 2.22. The summed E-state index contributed by atoms with van der Waals surface area (Å²) in [6.45, 7) is 1.85. The third-order valence-electron chi connectivity index (χ3n) is 3.35. The van der Waals surface area contributed by atoms with E-state index in [-0.39, 0.29) is 5.91 Å². The molecule has 4 heteroatoms. The summed E-state index contributed by atoms with van der Waals surface area (Å²) in [6, 6.07) is 20.1. The quantitative estimate of drug-likeness (QED) is 0.725. The minimum Gasteiger partial charge on any atom is -0.267 e. The van der Waals surface area contributed by atoms with Crippen LogP contribution in [0.3, 0.4) is 0 Å². The fraction of sp³-hybridized carbons (Fsp3) is 0.0556. The minimum atomic E-state index is -0.173. The second-order valence-electron chi connectivity index (χ2n) is 4.94. The van der Waals surface area contributed by atoms with E-state index in [0.29, 0.717) is 11.1 Å². The van der Waals surface area contributed by atoms with Crippen LogP contribution in [0.25, 0.3) is 11.3 Å². The Bertz CT molecular complexity index is 856. The van der Waals surface area contributed by atoms with Crippen molar-refractivity contribution in [1.29, 1.82) is 5.26 Å². The van der Waals surface area contributed by atoms with E-state index in [1.54, 1.807) is 24.3 Å². The van der Waals surface area contributed by atoms with Crippen LogP contribution < -0.4 is 0 Å². The van der Waals surface area contributed by atoms with Crippen molar-refractivity contribution in [3.05, 3.63) is 77.5 Å². The third-order valence-corrected chi connectivity index (χ3v) is 3.35. The van der Waals surface area contributed by atoms with Gasteiger partial charge in [-0.05, 0) is 37.3 Å². The van der Waals surface area contributed by atoms with Crippen molar-refractivity contribution >= 4 is 5.91 Å². The van der Waals surface area contributed by atoms with E-state index in [1.807, 2.05) is 43.3 Å². The Kier molecular flexibility index (Phi) is 3.55. The number of nitrogens with zero attached hydrogens (tertiary/aromatic N) is 3. The summed E-state index contributed by atoms with van der Waals surface area (Å²) in [5, 5.41) is 13.2. The first kappa shape index (κ1) is 13.8. The summed E-state index contributed by atoms with van der Waals surface area (Å²) in [5.74, 6) is -0.173. The third kappa shape index (κ3) is 2.52. The lowest BCUT2D eigenvalue weighted by atomic mass is 10.1. The largest absolute Gasteiger partial charge is 0.278 e. The SMILES string of the molecule is Cc1cc(-c2ccc(C#N)cc2)n(C(=O)c2ccccc2)n1. The minimum absolute atomic E-state index is 0.173. The summed E-state index contributed by atoms with van der Waals surface area (Å²) in [6.07, 6.45) is 0. The van der Waals surface area contributed by atoms with Gasteiger partial charge in [0.1, 0.15) is 0 Å². The second-order valence-corrected chi connectivity index (χ2v) is 4.94. The summed E-state index contributed by atoms with van der Waals surface area (Å²) < 4.78 is 1.41. The number of aryl methyl sites for hydroxylation is 1. The van der Waals surface area contributed by atoms with Crippen molar-refractivity contribution < 1.29 is 4.79 Å². The normalized spacial score (nSPS) is 10.2. The van der Waals surface area contributed by atoms with Crippen molar-refractivity contribution in [2.75, 3.05) is 0 Å². The van der Waals surface area contributed by atoms with Gasteiger partial charge in [-0.3, -0.25) is 4.79 Å². The van der Waals surface area contributed by atoms with Crippen LogP contribution in [0.5, 0.6) is 0 Å². The molecule has 0 aliphatic heterocycles. The zero-order chi connectivity index (χ0) is 15.5. The van der Waals surface area contributed by atoms with Crippen LogP contribution in [0.1, 0.15) is 21.6 Å². The molecule has 0 saturated carbocycles. The molecule has 3 aromatic rings. The van der Waals surface area contributed by atoms with Crippen LogP contribution in [0.15, 0.2) is 60.7 Å². The monoisotopic (exact) mass is 287 g/mol. The van der Waals surface area contributed by atoms with Gasteiger partial charge in [-0.25, -0.2) is 0 Å². The van der Waals surface area contributed by atoms with Gasteiger partial charge >= 0.3 is 0 Å². The lowest BCUT2D eigenvalue weighted by Gasteiger charge is -2.06. The van der Waals surface area contributed by atoms with Crippen LogP contribution in [-0.4, -0.2) is 15.7 Å². The van der Waals surface area contributed by atoms with E-state index in [0.717, 1.165) is 17.0 Å². The Morgan fingerprint density at radius 2 is 1.77 bits per heavy atom. The molecular formula is C18H13N3O. The van der Waals surface area contributed by atoms with Crippen LogP contribution in [-0.2, 0) is 0 Å². The average Bonchev–Trinajstić information content (AvgIpc) is 2.97. The molecule has 0 aliphatic rings. The van der Waals surface area contributed by atoms with Crippen molar-refractivity contribution in [2.24, 2.45) is 0 Å². The van der Waals surface area contributed by atoms with Gasteiger partial charge in [0.25, 0.3) is 5.91 Å². The first-order chi connectivity index (χ1) is 10.7. The van der Waals surface area contributed by atoms with Crippen LogP contribution in [0, 0.1) is 18.3 Å². The maximum absolute atomic E-state index is 12.6. The fourth-order valence-electron chi connectivity index (χ4n) is 2.28. The zero-order valence-corrected chi connectivity index (χ0v) is 12.0. The number of nitriles is 1. The first-order valence-corrected chi connectivity index (χ1v) is 6.86. The van der Waals surface area contributed by atoms with Crippen molar-refractivity contribution in [1.82, 2.24) is 9.78 Å². The summed E-state index contributed by atoms with van der Waals surface area (Å²) in [4.78, 5) is 12.6. The molecule has 0 radical (unpaired) electrons. The molecule has 0 N–H and O–H groups in total. The maximum atomic E-state index is 12.6. The number of hydrogen-bond donors (Lipinski definition) is 0. The smallest absolute Gasteiger partial charge is 0.267 e. The van der Waals surface area contributed by atoms with Gasteiger partial charge in [0, 0.05) is 11.1 Å². The number of aromatic nitrogens is 2. The molecule has 0 saturated heterocycles. The number of carbonyl (C=O) groups excluding carboxylic acids is 1. The molecule has 0 amide bonds. The molecule has 0 spiro atoms. The Hall–Kier alpha value is -3.19.